The van der Waals surface area contributed by atoms with E-state index in [4.69, 9.17) is 5.21 Å². The van der Waals surface area contributed by atoms with Crippen LogP contribution in [0.4, 0.5) is 5.69 Å². The number of benzene rings is 1. The average Bonchev–Trinajstić information content (AvgIpc) is 2.72. The second kappa shape index (κ2) is 4.35. The molecule has 1 aromatic rings. The Morgan fingerprint density at radius 2 is 2.11 bits per heavy atom. The summed E-state index contributed by atoms with van der Waals surface area (Å²) in [4.78, 5) is 12.2. The highest BCUT2D eigenvalue weighted by Crippen LogP contribution is 2.45. The molecule has 0 unspecified atom stereocenters. The fraction of sp³-hybridized carbons (Fsp3) is 0.429. The van der Waals surface area contributed by atoms with Gasteiger partial charge in [0.05, 0.1) is 5.71 Å². The van der Waals surface area contributed by atoms with Crippen molar-refractivity contribution in [3.05, 3.63) is 29.8 Å². The van der Waals surface area contributed by atoms with Crippen molar-refractivity contribution in [3.8, 4) is 0 Å². The number of rotatable bonds is 1. The van der Waals surface area contributed by atoms with E-state index in [9.17, 15) is 9.90 Å². The number of fused-ring (bicyclic) bond motifs is 1. The first-order chi connectivity index (χ1) is 9.17. The molecule has 3 N–H and O–H groups in total. The SMILES string of the molecule is O=C1Nc2ccccc2[C@]1(O)[C@@H]1CCCCC1=NO. The number of carbonyl (C=O) groups is 1. The van der Waals surface area contributed by atoms with Gasteiger partial charge in [-0.2, -0.15) is 0 Å². The van der Waals surface area contributed by atoms with Gasteiger partial charge in [0.15, 0.2) is 5.60 Å². The molecule has 1 saturated carbocycles. The van der Waals surface area contributed by atoms with Crippen LogP contribution in [0.1, 0.15) is 31.2 Å². The second-order valence-corrected chi connectivity index (χ2v) is 5.16. The normalized spacial score (nSPS) is 32.2. The Hall–Kier alpha value is -1.88. The van der Waals surface area contributed by atoms with E-state index >= 15 is 0 Å². The molecule has 0 aromatic heterocycles. The third-order valence-electron chi connectivity index (χ3n) is 4.14. The lowest BCUT2D eigenvalue weighted by Crippen LogP contribution is -2.46. The maximum absolute atomic E-state index is 12.2. The molecule has 0 bridgehead atoms. The third kappa shape index (κ3) is 1.65. The van der Waals surface area contributed by atoms with E-state index in [-0.39, 0.29) is 0 Å². The molecule has 5 nitrogen and oxygen atoms in total. The predicted molar refractivity (Wildman–Crippen MR) is 70.1 cm³/mol. The van der Waals surface area contributed by atoms with Crippen LogP contribution in [0.15, 0.2) is 29.4 Å². The van der Waals surface area contributed by atoms with Crippen molar-refractivity contribution in [2.45, 2.75) is 31.3 Å². The Bertz CT molecular complexity index is 555. The van der Waals surface area contributed by atoms with Crippen molar-refractivity contribution in [1.29, 1.82) is 0 Å². The Morgan fingerprint density at radius 3 is 2.89 bits per heavy atom. The summed E-state index contributed by atoms with van der Waals surface area (Å²) in [7, 11) is 0. The Morgan fingerprint density at radius 1 is 1.32 bits per heavy atom. The van der Waals surface area contributed by atoms with Crippen LogP contribution >= 0.6 is 0 Å². The maximum atomic E-state index is 12.2. The number of amides is 1. The van der Waals surface area contributed by atoms with Crippen LogP contribution in [0.2, 0.25) is 0 Å². The first-order valence-corrected chi connectivity index (χ1v) is 6.52. The van der Waals surface area contributed by atoms with E-state index < -0.39 is 17.4 Å². The lowest BCUT2D eigenvalue weighted by molar-refractivity contribution is -0.137. The van der Waals surface area contributed by atoms with Crippen molar-refractivity contribution in [3.63, 3.8) is 0 Å². The van der Waals surface area contributed by atoms with Crippen LogP contribution in [0.5, 0.6) is 0 Å². The Labute approximate surface area is 110 Å². The number of hydrogen-bond acceptors (Lipinski definition) is 4. The van der Waals surface area contributed by atoms with Crippen molar-refractivity contribution in [2.75, 3.05) is 5.32 Å². The number of oxime groups is 1. The number of hydrogen-bond donors (Lipinski definition) is 3. The van der Waals surface area contributed by atoms with Crippen molar-refractivity contribution in [2.24, 2.45) is 11.1 Å². The van der Waals surface area contributed by atoms with Gasteiger partial charge in [-0.15, -0.1) is 0 Å². The third-order valence-corrected chi connectivity index (χ3v) is 4.14. The molecule has 1 fully saturated rings. The van der Waals surface area contributed by atoms with Gasteiger partial charge < -0.3 is 15.6 Å². The van der Waals surface area contributed by atoms with E-state index in [1.54, 1.807) is 18.2 Å². The number of carbonyl (C=O) groups excluding carboxylic acids is 1. The molecular formula is C14H16N2O3. The van der Waals surface area contributed by atoms with E-state index in [1.807, 2.05) is 6.07 Å². The van der Waals surface area contributed by atoms with Crippen molar-refractivity contribution >= 4 is 17.3 Å². The second-order valence-electron chi connectivity index (χ2n) is 5.16. The molecule has 0 saturated heterocycles. The summed E-state index contributed by atoms with van der Waals surface area (Å²) < 4.78 is 0. The highest BCUT2D eigenvalue weighted by atomic mass is 16.4. The van der Waals surface area contributed by atoms with E-state index in [0.29, 0.717) is 29.8 Å². The first kappa shape index (κ1) is 12.2. The van der Waals surface area contributed by atoms with Crippen LogP contribution in [0.3, 0.4) is 0 Å². The summed E-state index contributed by atoms with van der Waals surface area (Å²) in [5.41, 5.74) is 0.116. The summed E-state index contributed by atoms with van der Waals surface area (Å²) in [5, 5.41) is 26.1. The van der Waals surface area contributed by atoms with E-state index in [0.717, 1.165) is 12.8 Å². The lowest BCUT2D eigenvalue weighted by atomic mass is 9.73. The Balaban J connectivity index is 2.09. The molecule has 1 amide bonds. The van der Waals surface area contributed by atoms with Crippen LogP contribution in [-0.2, 0) is 10.4 Å². The summed E-state index contributed by atoms with van der Waals surface area (Å²) in [6, 6.07) is 7.12. The quantitative estimate of drug-likeness (QED) is 0.532. The molecule has 100 valence electrons. The van der Waals surface area contributed by atoms with Crippen LogP contribution in [-0.4, -0.2) is 21.9 Å². The highest BCUT2D eigenvalue weighted by molar-refractivity contribution is 6.08. The predicted octanol–water partition coefficient (Wildman–Crippen LogP) is 1.85. The number of anilines is 1. The fourth-order valence-corrected chi connectivity index (χ4v) is 3.18. The van der Waals surface area contributed by atoms with Gasteiger partial charge in [0.25, 0.3) is 5.91 Å². The number of para-hydroxylation sites is 1. The smallest absolute Gasteiger partial charge is 0.261 e. The zero-order valence-electron chi connectivity index (χ0n) is 10.5. The largest absolute Gasteiger partial charge is 0.411 e. The van der Waals surface area contributed by atoms with Gasteiger partial charge in [0, 0.05) is 17.2 Å². The molecule has 1 aliphatic heterocycles. The van der Waals surface area contributed by atoms with Gasteiger partial charge >= 0.3 is 0 Å². The van der Waals surface area contributed by atoms with Gasteiger partial charge in [0.1, 0.15) is 0 Å². The zero-order chi connectivity index (χ0) is 13.5. The topological polar surface area (TPSA) is 81.9 Å². The number of nitrogens with one attached hydrogen (secondary N) is 1. The van der Waals surface area contributed by atoms with E-state index in [2.05, 4.69) is 10.5 Å². The van der Waals surface area contributed by atoms with Gasteiger partial charge in [-0.25, -0.2) is 0 Å². The van der Waals surface area contributed by atoms with Crippen molar-refractivity contribution < 1.29 is 15.1 Å². The molecule has 19 heavy (non-hydrogen) atoms. The van der Waals surface area contributed by atoms with Crippen LogP contribution < -0.4 is 5.32 Å². The fourth-order valence-electron chi connectivity index (χ4n) is 3.18. The first-order valence-electron chi connectivity index (χ1n) is 6.52. The van der Waals surface area contributed by atoms with Gasteiger partial charge in [0.2, 0.25) is 0 Å². The molecule has 1 heterocycles. The van der Waals surface area contributed by atoms with Gasteiger partial charge in [-0.3, -0.25) is 4.79 Å². The molecule has 2 atom stereocenters. The standard InChI is InChI=1S/C14H16N2O3/c17-13-14(18,9-5-1-3-7-11(9)15-13)10-6-2-4-8-12(10)16-19/h1,3,5,7,10,18-19H,2,4,6,8H2,(H,15,17)/t10-,14+/m1/s1. The van der Waals surface area contributed by atoms with Crippen LogP contribution in [0, 0.1) is 5.92 Å². The molecule has 1 aliphatic carbocycles. The summed E-state index contributed by atoms with van der Waals surface area (Å²) >= 11 is 0. The Kier molecular flexibility index (Phi) is 2.78. The summed E-state index contributed by atoms with van der Waals surface area (Å²) in [6.45, 7) is 0. The molecule has 5 heteroatoms. The molecule has 1 aromatic carbocycles. The molecule has 0 radical (unpaired) electrons. The molecule has 0 spiro atoms. The minimum absolute atomic E-state index is 0.429. The molecular weight excluding hydrogens is 244 g/mol. The maximum Gasteiger partial charge on any atom is 0.261 e. The lowest BCUT2D eigenvalue weighted by Gasteiger charge is -2.34. The van der Waals surface area contributed by atoms with Gasteiger partial charge in [-0.05, 0) is 25.3 Å². The minimum Gasteiger partial charge on any atom is -0.411 e. The summed E-state index contributed by atoms with van der Waals surface area (Å²) in [6.07, 6.45) is 3.12. The number of nitrogens with zero attached hydrogens (tertiary/aromatic N) is 1. The van der Waals surface area contributed by atoms with E-state index in [1.165, 1.54) is 0 Å². The van der Waals surface area contributed by atoms with Gasteiger partial charge in [-0.1, -0.05) is 29.8 Å². The average molecular weight is 260 g/mol. The van der Waals surface area contributed by atoms with Crippen molar-refractivity contribution in [1.82, 2.24) is 0 Å². The molecule has 2 aliphatic rings. The number of aliphatic hydroxyl groups is 1. The highest BCUT2D eigenvalue weighted by Gasteiger charge is 2.53. The molecule has 3 rings (SSSR count). The monoisotopic (exact) mass is 260 g/mol. The zero-order valence-corrected chi connectivity index (χ0v) is 10.5. The minimum atomic E-state index is -1.61. The summed E-state index contributed by atoms with van der Waals surface area (Å²) in [5.74, 6) is -0.878. The van der Waals surface area contributed by atoms with Crippen LogP contribution in [0.25, 0.3) is 0 Å².